The van der Waals surface area contributed by atoms with Crippen LogP contribution in [0.5, 0.6) is 0 Å². The first kappa shape index (κ1) is 22.4. The van der Waals surface area contributed by atoms with Gasteiger partial charge in [-0.1, -0.05) is 54.6 Å². The lowest BCUT2D eigenvalue weighted by molar-refractivity contribution is -0.140. The zero-order valence-electron chi connectivity index (χ0n) is 16.9. The molecule has 0 aromatic heterocycles. The molecule has 0 unspecified atom stereocenters. The summed E-state index contributed by atoms with van der Waals surface area (Å²) < 4.78 is 4.63. The minimum absolute atomic E-state index is 0.103. The highest BCUT2D eigenvalue weighted by atomic mass is 16.5. The summed E-state index contributed by atoms with van der Waals surface area (Å²) in [5, 5.41) is 20.6. The van der Waals surface area contributed by atoms with Gasteiger partial charge in [0.05, 0.1) is 19.3 Å². The van der Waals surface area contributed by atoms with Crippen LogP contribution in [0.15, 0.2) is 54.6 Å². The summed E-state index contributed by atoms with van der Waals surface area (Å²) in [7, 11) is 1.41. The van der Waals surface area contributed by atoms with E-state index in [1.54, 1.807) is 0 Å². The topological polar surface area (TPSA) is 66.8 Å². The molecule has 0 spiro atoms. The van der Waals surface area contributed by atoms with Gasteiger partial charge in [-0.05, 0) is 56.4 Å². The molecular formula is C24H34O4. The zero-order chi connectivity index (χ0) is 20.2. The maximum absolute atomic E-state index is 11.1. The van der Waals surface area contributed by atoms with Gasteiger partial charge in [0, 0.05) is 12.3 Å². The largest absolute Gasteiger partial charge is 0.469 e. The van der Waals surface area contributed by atoms with E-state index in [9.17, 15) is 15.0 Å². The van der Waals surface area contributed by atoms with Crippen molar-refractivity contribution in [3.05, 3.63) is 60.2 Å². The molecule has 2 rings (SSSR count). The number of ether oxygens (including phenoxy) is 1. The summed E-state index contributed by atoms with van der Waals surface area (Å²) >= 11 is 0. The summed E-state index contributed by atoms with van der Waals surface area (Å²) in [6, 6.07) is 10.2. The van der Waals surface area contributed by atoms with Gasteiger partial charge in [-0.2, -0.15) is 0 Å². The Morgan fingerprint density at radius 3 is 2.79 bits per heavy atom. The van der Waals surface area contributed by atoms with Crippen LogP contribution >= 0.6 is 0 Å². The van der Waals surface area contributed by atoms with E-state index in [4.69, 9.17) is 0 Å². The van der Waals surface area contributed by atoms with E-state index in [2.05, 4.69) is 29.0 Å². The van der Waals surface area contributed by atoms with Crippen molar-refractivity contribution in [1.29, 1.82) is 0 Å². The van der Waals surface area contributed by atoms with Crippen molar-refractivity contribution in [1.82, 2.24) is 0 Å². The second kappa shape index (κ2) is 12.5. The number of allylic oxidation sites excluding steroid dienone is 2. The molecule has 0 aliphatic heterocycles. The van der Waals surface area contributed by atoms with Gasteiger partial charge in [0.2, 0.25) is 0 Å². The number of aryl methyl sites for hydroxylation is 1. The summed E-state index contributed by atoms with van der Waals surface area (Å²) in [4.78, 5) is 11.1. The molecule has 0 amide bonds. The van der Waals surface area contributed by atoms with Gasteiger partial charge in [0.1, 0.15) is 0 Å². The van der Waals surface area contributed by atoms with Crippen molar-refractivity contribution in [2.24, 2.45) is 11.8 Å². The molecule has 1 saturated carbocycles. The fourth-order valence-corrected chi connectivity index (χ4v) is 3.81. The number of rotatable bonds is 11. The second-order valence-electron chi connectivity index (χ2n) is 7.63. The van der Waals surface area contributed by atoms with Crippen LogP contribution in [0.2, 0.25) is 0 Å². The predicted molar refractivity (Wildman–Crippen MR) is 112 cm³/mol. The van der Waals surface area contributed by atoms with E-state index in [1.165, 1.54) is 12.7 Å². The number of benzene rings is 1. The molecule has 0 heterocycles. The van der Waals surface area contributed by atoms with Gasteiger partial charge in [-0.15, -0.1) is 0 Å². The number of hydrogen-bond donors (Lipinski definition) is 2. The van der Waals surface area contributed by atoms with Crippen molar-refractivity contribution in [2.75, 3.05) is 7.11 Å². The molecule has 1 fully saturated rings. The molecule has 1 aliphatic rings. The summed E-state index contributed by atoms with van der Waals surface area (Å²) in [6.07, 6.45) is 13.7. The molecule has 28 heavy (non-hydrogen) atoms. The minimum Gasteiger partial charge on any atom is -0.469 e. The number of unbranched alkanes of at least 4 members (excludes halogenated alkanes) is 1. The third-order valence-electron chi connectivity index (χ3n) is 5.53. The molecule has 2 N–H and O–H groups in total. The fraction of sp³-hybridized carbons (Fsp3) is 0.542. The Morgan fingerprint density at radius 2 is 2.04 bits per heavy atom. The Hall–Kier alpha value is -1.91. The monoisotopic (exact) mass is 386 g/mol. The lowest BCUT2D eigenvalue weighted by Crippen LogP contribution is -2.17. The molecule has 154 valence electrons. The van der Waals surface area contributed by atoms with Crippen molar-refractivity contribution < 1.29 is 19.7 Å². The number of carbonyl (C=O) groups excluding carboxylic acids is 1. The highest BCUT2D eigenvalue weighted by Crippen LogP contribution is 2.36. The Kier molecular flexibility index (Phi) is 10.0. The molecule has 1 aromatic rings. The third-order valence-corrected chi connectivity index (χ3v) is 5.53. The molecule has 4 atom stereocenters. The van der Waals surface area contributed by atoms with Crippen molar-refractivity contribution in [2.45, 2.75) is 63.6 Å². The van der Waals surface area contributed by atoms with Crippen LogP contribution in [0.4, 0.5) is 0 Å². The molecular weight excluding hydrogens is 352 g/mol. The van der Waals surface area contributed by atoms with Crippen LogP contribution in [-0.4, -0.2) is 35.5 Å². The molecule has 0 saturated heterocycles. The number of carbonyl (C=O) groups is 1. The normalized spacial score (nSPS) is 23.5. The number of aliphatic hydroxyl groups is 2. The minimum atomic E-state index is -0.484. The van der Waals surface area contributed by atoms with E-state index < -0.39 is 6.10 Å². The SMILES string of the molecule is COC(=O)CCC/C=C\C[C@H]1CC[C@@H](O)[C@@H]1/C=C/[C@H](O)CCc1ccccc1. The Morgan fingerprint density at radius 1 is 1.25 bits per heavy atom. The van der Waals surface area contributed by atoms with E-state index in [0.717, 1.165) is 38.5 Å². The first-order valence-corrected chi connectivity index (χ1v) is 10.4. The van der Waals surface area contributed by atoms with Gasteiger partial charge in [0.25, 0.3) is 0 Å². The molecule has 4 nitrogen and oxygen atoms in total. The van der Waals surface area contributed by atoms with Gasteiger partial charge >= 0.3 is 5.97 Å². The van der Waals surface area contributed by atoms with Crippen molar-refractivity contribution in [3.63, 3.8) is 0 Å². The van der Waals surface area contributed by atoms with E-state index in [-0.39, 0.29) is 18.0 Å². The summed E-state index contributed by atoms with van der Waals surface area (Å²) in [5.41, 5.74) is 1.23. The Labute approximate surface area is 168 Å². The van der Waals surface area contributed by atoms with Crippen molar-refractivity contribution >= 4 is 5.97 Å². The van der Waals surface area contributed by atoms with E-state index in [1.807, 2.05) is 30.4 Å². The standard InChI is InChI=1S/C24H34O4/c1-28-24(27)12-8-3-2-7-11-20-14-18-23(26)22(20)17-16-21(25)15-13-19-9-5-4-6-10-19/h2,4-7,9-10,16-17,20-23,25-26H,3,8,11-15,18H2,1H3/b7-2-,17-16+/t20-,21+,22+,23+/m0/s1. The third kappa shape index (κ3) is 7.99. The Balaban J connectivity index is 1.73. The summed E-state index contributed by atoms with van der Waals surface area (Å²) in [6.45, 7) is 0. The first-order chi connectivity index (χ1) is 13.6. The average molecular weight is 387 g/mol. The average Bonchev–Trinajstić information content (AvgIpc) is 3.07. The van der Waals surface area contributed by atoms with Crippen LogP contribution < -0.4 is 0 Å². The number of hydrogen-bond acceptors (Lipinski definition) is 4. The Bertz CT molecular complexity index is 623. The number of aliphatic hydroxyl groups excluding tert-OH is 2. The molecule has 0 bridgehead atoms. The molecule has 1 aromatic carbocycles. The van der Waals surface area contributed by atoms with Gasteiger partial charge in [0.15, 0.2) is 0 Å². The first-order valence-electron chi connectivity index (χ1n) is 10.4. The molecule has 1 aliphatic carbocycles. The van der Waals surface area contributed by atoms with Crippen LogP contribution in [0.25, 0.3) is 0 Å². The van der Waals surface area contributed by atoms with Gasteiger partial charge in [-0.25, -0.2) is 0 Å². The number of esters is 1. The summed E-state index contributed by atoms with van der Waals surface area (Å²) in [5.74, 6) is 0.346. The van der Waals surface area contributed by atoms with E-state index >= 15 is 0 Å². The lowest BCUT2D eigenvalue weighted by Gasteiger charge is -2.18. The second-order valence-corrected chi connectivity index (χ2v) is 7.63. The van der Waals surface area contributed by atoms with Gasteiger partial charge < -0.3 is 14.9 Å². The maximum atomic E-state index is 11.1. The fourth-order valence-electron chi connectivity index (χ4n) is 3.81. The quantitative estimate of drug-likeness (QED) is 0.340. The van der Waals surface area contributed by atoms with Crippen LogP contribution in [-0.2, 0) is 16.0 Å². The highest BCUT2D eigenvalue weighted by molar-refractivity contribution is 5.69. The van der Waals surface area contributed by atoms with Crippen molar-refractivity contribution in [3.8, 4) is 0 Å². The van der Waals surface area contributed by atoms with Crippen LogP contribution in [0.3, 0.4) is 0 Å². The van der Waals surface area contributed by atoms with Crippen LogP contribution in [0, 0.1) is 11.8 Å². The lowest BCUT2D eigenvalue weighted by atomic mass is 9.90. The predicted octanol–water partition coefficient (Wildman–Crippen LogP) is 4.21. The zero-order valence-corrected chi connectivity index (χ0v) is 16.9. The molecule has 4 heteroatoms. The van der Waals surface area contributed by atoms with Crippen LogP contribution in [0.1, 0.15) is 50.5 Å². The van der Waals surface area contributed by atoms with Gasteiger partial charge in [-0.3, -0.25) is 4.79 Å². The molecule has 0 radical (unpaired) electrons. The number of methoxy groups -OCH3 is 1. The van der Waals surface area contributed by atoms with E-state index in [0.29, 0.717) is 18.8 Å². The highest BCUT2D eigenvalue weighted by Gasteiger charge is 2.32. The maximum Gasteiger partial charge on any atom is 0.305 e. The smallest absolute Gasteiger partial charge is 0.305 e.